The number of benzene rings is 1. The minimum Gasteiger partial charge on any atom is -0.392 e. The molecule has 1 rings (SSSR count). The minimum absolute atomic E-state index is 0.0620. The van der Waals surface area contributed by atoms with E-state index in [0.717, 1.165) is 29.6 Å². The second-order valence-electron chi connectivity index (χ2n) is 6.67. The van der Waals surface area contributed by atoms with Gasteiger partial charge >= 0.3 is 0 Å². The van der Waals surface area contributed by atoms with Crippen LogP contribution in [0.2, 0.25) is 0 Å². The van der Waals surface area contributed by atoms with Gasteiger partial charge in [-0.2, -0.15) is 0 Å². The standard InChI is InChI=1S/C21H30O3S/c1-17(2)15-21(25(23,24)20-11-6-5-7-12-20)16-19(4)10-8-9-18(3)13-14-22/h5-7,10-13,15,21-22H,8-9,14,16H2,1-4H3. The zero-order valence-electron chi connectivity index (χ0n) is 15.7. The van der Waals surface area contributed by atoms with Crippen molar-refractivity contribution in [1.82, 2.24) is 0 Å². The van der Waals surface area contributed by atoms with Crippen LogP contribution in [-0.2, 0) is 9.84 Å². The molecule has 0 fully saturated rings. The lowest BCUT2D eigenvalue weighted by Crippen LogP contribution is -2.20. The quantitative estimate of drug-likeness (QED) is 0.639. The third kappa shape index (κ3) is 7.41. The maximum absolute atomic E-state index is 13.0. The Bertz CT molecular complexity index is 722. The third-order valence-corrected chi connectivity index (χ3v) is 6.01. The summed E-state index contributed by atoms with van der Waals surface area (Å²) in [5, 5.41) is 8.33. The highest BCUT2D eigenvalue weighted by atomic mass is 32.2. The maximum atomic E-state index is 13.0. The molecule has 1 unspecified atom stereocenters. The molecule has 1 aromatic rings. The molecule has 0 saturated carbocycles. The van der Waals surface area contributed by atoms with Crippen LogP contribution in [0.1, 0.15) is 47.0 Å². The summed E-state index contributed by atoms with van der Waals surface area (Å²) in [6.45, 7) is 7.89. The first-order valence-electron chi connectivity index (χ1n) is 8.63. The second kappa shape index (κ2) is 10.4. The van der Waals surface area contributed by atoms with Crippen molar-refractivity contribution < 1.29 is 13.5 Å². The fourth-order valence-electron chi connectivity index (χ4n) is 2.62. The molecule has 3 nitrogen and oxygen atoms in total. The van der Waals surface area contributed by atoms with Crippen molar-refractivity contribution >= 4 is 9.84 Å². The molecule has 0 heterocycles. The van der Waals surface area contributed by atoms with E-state index in [-0.39, 0.29) is 6.61 Å². The van der Waals surface area contributed by atoms with Crippen LogP contribution in [0.5, 0.6) is 0 Å². The van der Waals surface area contributed by atoms with Gasteiger partial charge in [-0.3, -0.25) is 0 Å². The first kappa shape index (κ1) is 21.4. The zero-order chi connectivity index (χ0) is 18.9. The largest absolute Gasteiger partial charge is 0.392 e. The van der Waals surface area contributed by atoms with Crippen molar-refractivity contribution in [3.63, 3.8) is 0 Å². The highest BCUT2D eigenvalue weighted by Crippen LogP contribution is 2.23. The fraction of sp³-hybridized carbons (Fsp3) is 0.429. The first-order valence-corrected chi connectivity index (χ1v) is 10.2. The van der Waals surface area contributed by atoms with E-state index in [1.54, 1.807) is 30.3 Å². The van der Waals surface area contributed by atoms with Crippen LogP contribution >= 0.6 is 0 Å². The summed E-state index contributed by atoms with van der Waals surface area (Å²) in [4.78, 5) is 0.368. The van der Waals surface area contributed by atoms with Crippen LogP contribution in [0, 0.1) is 0 Å². The molecule has 0 bridgehead atoms. The third-order valence-electron chi connectivity index (χ3n) is 3.98. The summed E-state index contributed by atoms with van der Waals surface area (Å²) in [5.41, 5.74) is 3.21. The van der Waals surface area contributed by atoms with Gasteiger partial charge in [-0.15, -0.1) is 0 Å². The van der Waals surface area contributed by atoms with Gasteiger partial charge in [-0.05, 0) is 59.1 Å². The van der Waals surface area contributed by atoms with E-state index in [9.17, 15) is 8.42 Å². The number of aliphatic hydroxyl groups excluding tert-OH is 1. The molecular weight excluding hydrogens is 332 g/mol. The monoisotopic (exact) mass is 362 g/mol. The predicted octanol–water partition coefficient (Wildman–Crippen LogP) is 4.85. The van der Waals surface area contributed by atoms with E-state index in [4.69, 9.17) is 5.11 Å². The van der Waals surface area contributed by atoms with Gasteiger partial charge < -0.3 is 5.11 Å². The van der Waals surface area contributed by atoms with E-state index in [2.05, 4.69) is 6.08 Å². The van der Waals surface area contributed by atoms with Crippen molar-refractivity contribution in [1.29, 1.82) is 0 Å². The average Bonchev–Trinajstić information content (AvgIpc) is 2.55. The van der Waals surface area contributed by atoms with E-state index in [1.165, 1.54) is 0 Å². The van der Waals surface area contributed by atoms with E-state index in [0.29, 0.717) is 11.3 Å². The second-order valence-corrected chi connectivity index (χ2v) is 8.83. The van der Waals surface area contributed by atoms with Gasteiger partial charge in [-0.25, -0.2) is 8.42 Å². The van der Waals surface area contributed by atoms with Gasteiger partial charge in [-0.1, -0.05) is 53.1 Å². The molecule has 0 aliphatic heterocycles. The van der Waals surface area contributed by atoms with Crippen LogP contribution in [0.4, 0.5) is 0 Å². The molecular formula is C21H30O3S. The Morgan fingerprint density at radius 2 is 1.68 bits per heavy atom. The topological polar surface area (TPSA) is 54.4 Å². The van der Waals surface area contributed by atoms with Crippen molar-refractivity contribution in [3.05, 3.63) is 65.3 Å². The van der Waals surface area contributed by atoms with Gasteiger partial charge in [0.15, 0.2) is 9.84 Å². The van der Waals surface area contributed by atoms with E-state index in [1.807, 2.05) is 39.8 Å². The molecule has 0 spiro atoms. The average molecular weight is 363 g/mol. The molecule has 4 heteroatoms. The zero-order valence-corrected chi connectivity index (χ0v) is 16.5. The lowest BCUT2D eigenvalue weighted by Gasteiger charge is -2.16. The van der Waals surface area contributed by atoms with Crippen LogP contribution in [0.15, 0.2) is 70.2 Å². The molecule has 1 aromatic carbocycles. The van der Waals surface area contributed by atoms with Crippen molar-refractivity contribution in [2.75, 3.05) is 6.61 Å². The minimum atomic E-state index is -3.40. The summed E-state index contributed by atoms with van der Waals surface area (Å²) in [6, 6.07) is 8.64. The number of allylic oxidation sites excluding steroid dienone is 4. The number of rotatable bonds is 9. The molecule has 1 atom stereocenters. The Hall–Kier alpha value is -1.65. The smallest absolute Gasteiger partial charge is 0.185 e. The summed E-state index contributed by atoms with van der Waals surface area (Å²) in [7, 11) is -3.40. The van der Waals surface area contributed by atoms with Crippen molar-refractivity contribution in [2.24, 2.45) is 0 Å². The molecule has 25 heavy (non-hydrogen) atoms. The highest BCUT2D eigenvalue weighted by Gasteiger charge is 2.25. The highest BCUT2D eigenvalue weighted by molar-refractivity contribution is 7.92. The number of sulfone groups is 1. The predicted molar refractivity (Wildman–Crippen MR) is 105 cm³/mol. The maximum Gasteiger partial charge on any atom is 0.185 e. The van der Waals surface area contributed by atoms with Crippen LogP contribution in [-0.4, -0.2) is 25.4 Å². The molecule has 0 amide bonds. The van der Waals surface area contributed by atoms with Gasteiger partial charge in [0.1, 0.15) is 0 Å². The Labute approximate surface area is 152 Å². The number of aliphatic hydroxyl groups is 1. The van der Waals surface area contributed by atoms with Crippen molar-refractivity contribution in [2.45, 2.75) is 57.1 Å². The molecule has 0 aliphatic rings. The normalized spacial score (nSPS) is 14.3. The lowest BCUT2D eigenvalue weighted by atomic mass is 10.1. The molecule has 1 N–H and O–H groups in total. The summed E-state index contributed by atoms with van der Waals surface area (Å²) < 4.78 is 25.9. The van der Waals surface area contributed by atoms with Crippen molar-refractivity contribution in [3.8, 4) is 0 Å². The Kier molecular flexibility index (Phi) is 8.87. The van der Waals surface area contributed by atoms with Gasteiger partial charge in [0.2, 0.25) is 0 Å². The summed E-state index contributed by atoms with van der Waals surface area (Å²) >= 11 is 0. The van der Waals surface area contributed by atoms with Gasteiger partial charge in [0.25, 0.3) is 0 Å². The number of hydrogen-bond acceptors (Lipinski definition) is 3. The van der Waals surface area contributed by atoms with Crippen LogP contribution < -0.4 is 0 Å². The number of hydrogen-bond donors (Lipinski definition) is 1. The summed E-state index contributed by atoms with van der Waals surface area (Å²) in [5.74, 6) is 0. The van der Waals surface area contributed by atoms with E-state index < -0.39 is 15.1 Å². The molecule has 0 aliphatic carbocycles. The SMILES string of the molecule is CC(C)=CC(CC(C)=CCCC(C)=CCO)S(=O)(=O)c1ccccc1. The molecule has 0 radical (unpaired) electrons. The Morgan fingerprint density at radius 3 is 2.24 bits per heavy atom. The van der Waals surface area contributed by atoms with Gasteiger partial charge in [0, 0.05) is 0 Å². The Balaban J connectivity index is 2.94. The van der Waals surface area contributed by atoms with Crippen LogP contribution in [0.3, 0.4) is 0 Å². The molecule has 0 saturated heterocycles. The lowest BCUT2D eigenvalue weighted by molar-refractivity contribution is 0.341. The molecule has 0 aromatic heterocycles. The fourth-order valence-corrected chi connectivity index (χ4v) is 4.44. The first-order chi connectivity index (χ1) is 11.8. The summed E-state index contributed by atoms with van der Waals surface area (Å²) in [6.07, 6.45) is 7.95. The van der Waals surface area contributed by atoms with Crippen LogP contribution in [0.25, 0.3) is 0 Å². The Morgan fingerprint density at radius 1 is 1.04 bits per heavy atom. The van der Waals surface area contributed by atoms with Gasteiger partial charge in [0.05, 0.1) is 16.8 Å². The van der Waals surface area contributed by atoms with E-state index >= 15 is 0 Å². The molecule has 138 valence electrons.